The molecule has 0 radical (unpaired) electrons. The molecule has 0 atom stereocenters. The molecule has 0 amide bonds. The molecule has 0 unspecified atom stereocenters. The minimum atomic E-state index is -0.272. The Bertz CT molecular complexity index is 1810. The first-order chi connectivity index (χ1) is 17.8. The van der Waals surface area contributed by atoms with Crippen LogP contribution in [0.3, 0.4) is 0 Å². The van der Waals surface area contributed by atoms with Crippen molar-refractivity contribution in [1.29, 1.82) is 0 Å². The van der Waals surface area contributed by atoms with E-state index in [1.165, 1.54) is 72.0 Å². The van der Waals surface area contributed by atoms with Crippen LogP contribution < -0.4 is 0 Å². The molecule has 0 nitrogen and oxygen atoms in total. The molecule has 168 valence electrons. The highest BCUT2D eigenvalue weighted by molar-refractivity contribution is 6.01. The molecule has 0 N–H and O–H groups in total. The molecule has 0 saturated carbocycles. The lowest BCUT2D eigenvalue weighted by Crippen LogP contribution is -2.25. The molecule has 8 rings (SSSR count). The molecule has 0 saturated heterocycles. The fourth-order valence-electron chi connectivity index (χ4n) is 7.02. The van der Waals surface area contributed by atoms with Crippen molar-refractivity contribution >= 4 is 10.8 Å². The summed E-state index contributed by atoms with van der Waals surface area (Å²) in [6, 6.07) is 47.5. The van der Waals surface area contributed by atoms with Crippen LogP contribution in [0, 0.1) is 6.92 Å². The fraction of sp³-hybridized carbons (Fsp3) is 0.0556. The monoisotopic (exact) mass is 456 g/mol. The van der Waals surface area contributed by atoms with Gasteiger partial charge in [-0.05, 0) is 85.0 Å². The summed E-state index contributed by atoms with van der Waals surface area (Å²) < 4.78 is 0. The Balaban J connectivity index is 1.48. The first kappa shape index (κ1) is 19.8. The average molecular weight is 457 g/mol. The maximum absolute atomic E-state index is 2.45. The highest BCUT2D eigenvalue weighted by atomic mass is 14.5. The second kappa shape index (κ2) is 7.06. The Hall–Kier alpha value is -4.42. The summed E-state index contributed by atoms with van der Waals surface area (Å²) in [5, 5.41) is 2.60. The molecule has 0 aromatic heterocycles. The van der Waals surface area contributed by atoms with E-state index in [9.17, 15) is 0 Å². The summed E-state index contributed by atoms with van der Waals surface area (Å²) in [5.41, 5.74) is 14.6. The van der Waals surface area contributed by atoms with E-state index in [4.69, 9.17) is 0 Å². The largest absolute Gasteiger partial charge is 0.0725 e. The van der Waals surface area contributed by atoms with Gasteiger partial charge in [-0.15, -0.1) is 0 Å². The zero-order valence-corrected chi connectivity index (χ0v) is 20.1. The van der Waals surface area contributed by atoms with Crippen LogP contribution in [0.15, 0.2) is 127 Å². The molecular weight excluding hydrogens is 432 g/mol. The molecule has 1 spiro atoms. The number of benzene rings is 6. The van der Waals surface area contributed by atoms with Crippen LogP contribution in [0.1, 0.15) is 27.8 Å². The van der Waals surface area contributed by atoms with Gasteiger partial charge in [-0.2, -0.15) is 0 Å². The smallest absolute Gasteiger partial charge is 0.0619 e. The van der Waals surface area contributed by atoms with Gasteiger partial charge in [-0.1, -0.05) is 121 Å². The molecular formula is C36H24. The lowest BCUT2D eigenvalue weighted by atomic mass is 9.70. The molecule has 0 heteroatoms. The van der Waals surface area contributed by atoms with Crippen LogP contribution in [0.2, 0.25) is 0 Å². The lowest BCUT2D eigenvalue weighted by molar-refractivity contribution is 0.794. The molecule has 6 aromatic carbocycles. The van der Waals surface area contributed by atoms with Crippen molar-refractivity contribution in [2.45, 2.75) is 12.3 Å². The Morgan fingerprint density at radius 3 is 1.64 bits per heavy atom. The van der Waals surface area contributed by atoms with Crippen molar-refractivity contribution < 1.29 is 0 Å². The van der Waals surface area contributed by atoms with E-state index in [0.717, 1.165) is 0 Å². The van der Waals surface area contributed by atoms with E-state index in [1.807, 2.05) is 0 Å². The summed E-state index contributed by atoms with van der Waals surface area (Å²) in [6.07, 6.45) is 0. The van der Waals surface area contributed by atoms with Gasteiger partial charge >= 0.3 is 0 Å². The Morgan fingerprint density at radius 2 is 0.972 bits per heavy atom. The van der Waals surface area contributed by atoms with Gasteiger partial charge in [0, 0.05) is 0 Å². The van der Waals surface area contributed by atoms with Crippen LogP contribution in [0.5, 0.6) is 0 Å². The van der Waals surface area contributed by atoms with E-state index in [2.05, 4.69) is 134 Å². The van der Waals surface area contributed by atoms with Gasteiger partial charge in [0.2, 0.25) is 0 Å². The summed E-state index contributed by atoms with van der Waals surface area (Å²) in [5.74, 6) is 0. The highest BCUT2D eigenvalue weighted by Crippen LogP contribution is 2.62. The first-order valence-corrected chi connectivity index (χ1v) is 12.7. The summed E-state index contributed by atoms with van der Waals surface area (Å²) in [6.45, 7) is 2.23. The Morgan fingerprint density at radius 1 is 0.444 bits per heavy atom. The maximum Gasteiger partial charge on any atom is 0.0725 e. The molecule has 0 heterocycles. The summed E-state index contributed by atoms with van der Waals surface area (Å²) >= 11 is 0. The Labute approximate surface area is 211 Å². The van der Waals surface area contributed by atoms with Gasteiger partial charge in [0.05, 0.1) is 5.41 Å². The normalized spacial score (nSPS) is 13.9. The topological polar surface area (TPSA) is 0 Å². The molecule has 0 bridgehead atoms. The molecule has 36 heavy (non-hydrogen) atoms. The predicted octanol–water partition coefficient (Wildman–Crippen LogP) is 9.16. The third-order valence-corrected chi connectivity index (χ3v) is 8.42. The van der Waals surface area contributed by atoms with E-state index >= 15 is 0 Å². The van der Waals surface area contributed by atoms with Crippen LogP contribution in [-0.2, 0) is 5.41 Å². The zero-order chi connectivity index (χ0) is 23.9. The van der Waals surface area contributed by atoms with E-state index in [-0.39, 0.29) is 5.41 Å². The van der Waals surface area contributed by atoms with Crippen molar-refractivity contribution in [3.8, 4) is 33.4 Å². The van der Waals surface area contributed by atoms with Crippen LogP contribution in [-0.4, -0.2) is 0 Å². The number of aryl methyl sites for hydroxylation is 1. The van der Waals surface area contributed by atoms with Gasteiger partial charge in [0.1, 0.15) is 0 Å². The van der Waals surface area contributed by atoms with Crippen LogP contribution in [0.25, 0.3) is 44.2 Å². The highest BCUT2D eigenvalue weighted by Gasteiger charge is 2.51. The van der Waals surface area contributed by atoms with Gasteiger partial charge < -0.3 is 0 Å². The summed E-state index contributed by atoms with van der Waals surface area (Å²) in [4.78, 5) is 0. The summed E-state index contributed by atoms with van der Waals surface area (Å²) in [7, 11) is 0. The maximum atomic E-state index is 2.45. The van der Waals surface area contributed by atoms with Gasteiger partial charge in [0.25, 0.3) is 0 Å². The van der Waals surface area contributed by atoms with Crippen molar-refractivity contribution in [3.05, 3.63) is 155 Å². The standard InChI is InChI=1S/C36H24/c1-23-18-19-24-10-2-3-11-26(24)35(23)25-20-21-34-30(22-25)29-14-6-9-17-33(29)36(34)31-15-7-4-12-27(31)28-13-5-8-16-32(28)36/h2-22H,1H3. The molecule has 0 fully saturated rings. The number of hydrogen-bond acceptors (Lipinski definition) is 0. The van der Waals surface area contributed by atoms with Crippen molar-refractivity contribution in [3.63, 3.8) is 0 Å². The van der Waals surface area contributed by atoms with Crippen molar-refractivity contribution in [2.24, 2.45) is 0 Å². The third kappa shape index (κ3) is 2.34. The molecule has 0 aliphatic heterocycles. The zero-order valence-electron chi connectivity index (χ0n) is 20.1. The molecule has 2 aliphatic rings. The van der Waals surface area contributed by atoms with E-state index < -0.39 is 0 Å². The average Bonchev–Trinajstić information content (AvgIpc) is 3.40. The van der Waals surface area contributed by atoms with Crippen LogP contribution in [0.4, 0.5) is 0 Å². The minimum Gasteiger partial charge on any atom is -0.0619 e. The van der Waals surface area contributed by atoms with Crippen molar-refractivity contribution in [1.82, 2.24) is 0 Å². The lowest BCUT2D eigenvalue weighted by Gasteiger charge is -2.30. The number of fused-ring (bicyclic) bond motifs is 11. The second-order valence-corrected chi connectivity index (χ2v) is 10.1. The second-order valence-electron chi connectivity index (χ2n) is 10.1. The van der Waals surface area contributed by atoms with E-state index in [1.54, 1.807) is 0 Å². The molecule has 2 aliphatic carbocycles. The first-order valence-electron chi connectivity index (χ1n) is 12.7. The fourth-order valence-corrected chi connectivity index (χ4v) is 7.02. The molecule has 6 aromatic rings. The van der Waals surface area contributed by atoms with Crippen molar-refractivity contribution in [2.75, 3.05) is 0 Å². The van der Waals surface area contributed by atoms with Gasteiger partial charge in [-0.3, -0.25) is 0 Å². The quantitative estimate of drug-likeness (QED) is 0.231. The number of hydrogen-bond donors (Lipinski definition) is 0. The van der Waals surface area contributed by atoms with Gasteiger partial charge in [-0.25, -0.2) is 0 Å². The van der Waals surface area contributed by atoms with E-state index in [0.29, 0.717) is 0 Å². The minimum absolute atomic E-state index is 0.272. The third-order valence-electron chi connectivity index (χ3n) is 8.42. The SMILES string of the molecule is Cc1ccc2ccccc2c1-c1ccc2c(c1)-c1ccccc1C21c2ccccc2-c2ccccc21. The predicted molar refractivity (Wildman–Crippen MR) is 150 cm³/mol. The Kier molecular flexibility index (Phi) is 3.89. The van der Waals surface area contributed by atoms with Gasteiger partial charge in [0.15, 0.2) is 0 Å². The van der Waals surface area contributed by atoms with Crippen LogP contribution >= 0.6 is 0 Å². The number of rotatable bonds is 1.